The van der Waals surface area contributed by atoms with Gasteiger partial charge < -0.3 is 19.9 Å². The number of nitrogen functional groups attached to an aromatic ring is 1. The Morgan fingerprint density at radius 1 is 1.31 bits per heavy atom. The fraction of sp³-hybridized carbons (Fsp3) is 0.364. The van der Waals surface area contributed by atoms with Crippen molar-refractivity contribution in [2.45, 2.75) is 0 Å². The molecule has 5 heteroatoms. The highest BCUT2D eigenvalue weighted by molar-refractivity contribution is 5.98. The lowest BCUT2D eigenvalue weighted by Gasteiger charge is -2.10. The van der Waals surface area contributed by atoms with Crippen LogP contribution in [0.25, 0.3) is 0 Å². The van der Waals surface area contributed by atoms with Crippen molar-refractivity contribution in [3.05, 3.63) is 23.8 Å². The van der Waals surface area contributed by atoms with E-state index >= 15 is 0 Å². The second-order valence-corrected chi connectivity index (χ2v) is 3.05. The van der Waals surface area contributed by atoms with Crippen LogP contribution in [0.4, 0.5) is 5.69 Å². The zero-order chi connectivity index (χ0) is 12.0. The molecule has 0 fully saturated rings. The van der Waals surface area contributed by atoms with E-state index in [4.69, 9.17) is 19.9 Å². The van der Waals surface area contributed by atoms with E-state index in [-0.39, 0.29) is 12.2 Å². The number of carbonyl (C=O) groups excluding carboxylic acids is 1. The third kappa shape index (κ3) is 2.87. The third-order valence-corrected chi connectivity index (χ3v) is 2.00. The van der Waals surface area contributed by atoms with Crippen LogP contribution >= 0.6 is 0 Å². The second kappa shape index (κ2) is 5.97. The van der Waals surface area contributed by atoms with Crippen LogP contribution in [0.5, 0.6) is 5.75 Å². The Balaban J connectivity index is 2.81. The van der Waals surface area contributed by atoms with E-state index in [2.05, 4.69) is 0 Å². The number of benzene rings is 1. The first-order chi connectivity index (χ1) is 7.70. The smallest absolute Gasteiger partial charge is 0.344 e. The van der Waals surface area contributed by atoms with E-state index < -0.39 is 5.97 Å². The molecule has 0 aliphatic rings. The van der Waals surface area contributed by atoms with Crippen LogP contribution in [0.3, 0.4) is 0 Å². The Morgan fingerprint density at radius 2 is 2.06 bits per heavy atom. The molecule has 1 aromatic rings. The zero-order valence-corrected chi connectivity index (χ0v) is 9.36. The van der Waals surface area contributed by atoms with Crippen molar-refractivity contribution in [3.63, 3.8) is 0 Å². The highest BCUT2D eigenvalue weighted by atomic mass is 16.6. The monoisotopic (exact) mass is 225 g/mol. The van der Waals surface area contributed by atoms with Crippen molar-refractivity contribution in [3.8, 4) is 5.75 Å². The fourth-order valence-electron chi connectivity index (χ4n) is 1.23. The molecule has 5 nitrogen and oxygen atoms in total. The number of carbonyl (C=O) groups is 1. The zero-order valence-electron chi connectivity index (χ0n) is 9.36. The average Bonchev–Trinajstić information content (AvgIpc) is 2.28. The molecule has 0 saturated carbocycles. The topological polar surface area (TPSA) is 70.8 Å². The summed E-state index contributed by atoms with van der Waals surface area (Å²) in [6.07, 6.45) is 0. The number of hydrogen-bond acceptors (Lipinski definition) is 5. The highest BCUT2D eigenvalue weighted by Gasteiger charge is 2.16. The first kappa shape index (κ1) is 12.3. The fourth-order valence-corrected chi connectivity index (χ4v) is 1.23. The summed E-state index contributed by atoms with van der Waals surface area (Å²) in [5.74, 6) is -0.102. The number of hydrogen-bond donors (Lipinski definition) is 1. The standard InChI is InChI=1S/C11H15NO4/c1-14-6-7-16-11(13)10-8(12)4-3-5-9(10)15-2/h3-5H,6-7,12H2,1-2H3. The van der Waals surface area contributed by atoms with E-state index in [0.717, 1.165) is 0 Å². The van der Waals surface area contributed by atoms with Crippen molar-refractivity contribution >= 4 is 11.7 Å². The van der Waals surface area contributed by atoms with Crippen molar-refractivity contribution in [1.82, 2.24) is 0 Å². The predicted molar refractivity (Wildman–Crippen MR) is 59.6 cm³/mol. The maximum absolute atomic E-state index is 11.7. The molecule has 0 heterocycles. The maximum Gasteiger partial charge on any atom is 0.344 e. The van der Waals surface area contributed by atoms with Crippen LogP contribution in [0.15, 0.2) is 18.2 Å². The quantitative estimate of drug-likeness (QED) is 0.461. The van der Waals surface area contributed by atoms with Gasteiger partial charge in [-0.05, 0) is 12.1 Å². The molecule has 0 bridgehead atoms. The van der Waals surface area contributed by atoms with Crippen LogP contribution in [-0.2, 0) is 9.47 Å². The minimum Gasteiger partial charge on any atom is -0.496 e. The lowest BCUT2D eigenvalue weighted by atomic mass is 10.1. The van der Waals surface area contributed by atoms with Gasteiger partial charge in [-0.15, -0.1) is 0 Å². The van der Waals surface area contributed by atoms with Gasteiger partial charge in [-0.25, -0.2) is 4.79 Å². The molecule has 88 valence electrons. The van der Waals surface area contributed by atoms with E-state index in [1.807, 2.05) is 0 Å². The summed E-state index contributed by atoms with van der Waals surface area (Å²) < 4.78 is 14.8. The number of esters is 1. The SMILES string of the molecule is COCCOC(=O)c1c(N)cccc1OC. The summed E-state index contributed by atoms with van der Waals surface area (Å²) in [5.41, 5.74) is 6.28. The first-order valence-corrected chi connectivity index (χ1v) is 4.79. The van der Waals surface area contributed by atoms with Crippen LogP contribution in [0.1, 0.15) is 10.4 Å². The van der Waals surface area contributed by atoms with E-state index in [1.54, 1.807) is 18.2 Å². The van der Waals surface area contributed by atoms with Gasteiger partial charge in [0.1, 0.15) is 17.9 Å². The number of nitrogens with two attached hydrogens (primary N) is 1. The minimum atomic E-state index is -0.507. The first-order valence-electron chi connectivity index (χ1n) is 4.79. The van der Waals surface area contributed by atoms with Crippen LogP contribution in [0, 0.1) is 0 Å². The molecule has 0 saturated heterocycles. The Hall–Kier alpha value is -1.75. The molecule has 16 heavy (non-hydrogen) atoms. The van der Waals surface area contributed by atoms with E-state index in [9.17, 15) is 4.79 Å². The van der Waals surface area contributed by atoms with Crippen molar-refractivity contribution in [1.29, 1.82) is 0 Å². The van der Waals surface area contributed by atoms with E-state index in [0.29, 0.717) is 18.0 Å². The molecular formula is C11H15NO4. The molecule has 1 rings (SSSR count). The predicted octanol–water partition coefficient (Wildman–Crippen LogP) is 1.08. The molecule has 0 radical (unpaired) electrons. The summed E-state index contributed by atoms with van der Waals surface area (Å²) >= 11 is 0. The van der Waals surface area contributed by atoms with Crippen LogP contribution in [0.2, 0.25) is 0 Å². The Morgan fingerprint density at radius 3 is 2.69 bits per heavy atom. The maximum atomic E-state index is 11.7. The summed E-state index contributed by atoms with van der Waals surface area (Å²) in [4.78, 5) is 11.7. The molecule has 0 aliphatic heterocycles. The molecule has 2 N–H and O–H groups in total. The average molecular weight is 225 g/mol. The summed E-state index contributed by atoms with van der Waals surface area (Å²) in [5, 5.41) is 0. The van der Waals surface area contributed by atoms with E-state index in [1.165, 1.54) is 14.2 Å². The minimum absolute atomic E-state index is 0.187. The summed E-state index contributed by atoms with van der Waals surface area (Å²) in [7, 11) is 3.01. The Labute approximate surface area is 94.1 Å². The normalized spacial score (nSPS) is 9.88. The van der Waals surface area contributed by atoms with Gasteiger partial charge in [0.25, 0.3) is 0 Å². The van der Waals surface area contributed by atoms with Gasteiger partial charge in [0.2, 0.25) is 0 Å². The molecule has 1 aromatic carbocycles. The molecular weight excluding hydrogens is 210 g/mol. The van der Waals surface area contributed by atoms with Gasteiger partial charge in [-0.2, -0.15) is 0 Å². The van der Waals surface area contributed by atoms with Crippen molar-refractivity contribution in [2.75, 3.05) is 33.2 Å². The number of methoxy groups -OCH3 is 2. The number of anilines is 1. The van der Waals surface area contributed by atoms with Gasteiger partial charge in [0, 0.05) is 12.8 Å². The largest absolute Gasteiger partial charge is 0.496 e. The van der Waals surface area contributed by atoms with Gasteiger partial charge in [0.05, 0.1) is 13.7 Å². The van der Waals surface area contributed by atoms with Crippen molar-refractivity contribution in [2.24, 2.45) is 0 Å². The lowest BCUT2D eigenvalue weighted by Crippen LogP contribution is -2.13. The van der Waals surface area contributed by atoms with Crippen molar-refractivity contribution < 1.29 is 19.0 Å². The molecule has 0 spiro atoms. The third-order valence-electron chi connectivity index (χ3n) is 2.00. The molecule has 0 atom stereocenters. The molecule has 0 unspecified atom stereocenters. The van der Waals surface area contributed by atoms with Gasteiger partial charge >= 0.3 is 5.97 Å². The number of ether oxygens (including phenoxy) is 3. The van der Waals surface area contributed by atoms with Gasteiger partial charge in [-0.1, -0.05) is 6.07 Å². The lowest BCUT2D eigenvalue weighted by molar-refractivity contribution is 0.0386. The highest BCUT2D eigenvalue weighted by Crippen LogP contribution is 2.24. The van der Waals surface area contributed by atoms with Crippen LogP contribution in [-0.4, -0.2) is 33.4 Å². The van der Waals surface area contributed by atoms with Gasteiger partial charge in [-0.3, -0.25) is 0 Å². The second-order valence-electron chi connectivity index (χ2n) is 3.05. The Kier molecular flexibility index (Phi) is 4.60. The number of rotatable bonds is 5. The molecule has 0 amide bonds. The van der Waals surface area contributed by atoms with Crippen LogP contribution < -0.4 is 10.5 Å². The molecule has 0 aromatic heterocycles. The summed E-state index contributed by atoms with van der Waals surface area (Å²) in [6, 6.07) is 4.98. The Bertz CT molecular complexity index is 365. The van der Waals surface area contributed by atoms with Gasteiger partial charge in [0.15, 0.2) is 0 Å². The molecule has 0 aliphatic carbocycles. The summed E-state index contributed by atoms with van der Waals surface area (Å²) in [6.45, 7) is 0.535.